The van der Waals surface area contributed by atoms with Gasteiger partial charge in [-0.2, -0.15) is 0 Å². The van der Waals surface area contributed by atoms with Crippen LogP contribution >= 0.6 is 0 Å². The maximum Gasteiger partial charge on any atom is 0.322 e. The molecule has 2 N–H and O–H groups in total. The van der Waals surface area contributed by atoms with Crippen molar-refractivity contribution in [1.82, 2.24) is 24.5 Å². The molecule has 0 aliphatic carbocycles. The molecule has 0 bridgehead atoms. The first-order valence-electron chi connectivity index (χ1n) is 18.1. The van der Waals surface area contributed by atoms with Crippen molar-refractivity contribution in [3.8, 4) is 5.75 Å². The van der Waals surface area contributed by atoms with Gasteiger partial charge in [-0.15, -0.1) is 0 Å². The van der Waals surface area contributed by atoms with Crippen LogP contribution in [0.25, 0.3) is 0 Å². The summed E-state index contributed by atoms with van der Waals surface area (Å²) < 4.78 is 5.58. The van der Waals surface area contributed by atoms with Gasteiger partial charge in [0.05, 0.1) is 19.6 Å². The van der Waals surface area contributed by atoms with E-state index in [9.17, 15) is 19.2 Å². The van der Waals surface area contributed by atoms with Gasteiger partial charge in [0, 0.05) is 83.1 Å². The summed E-state index contributed by atoms with van der Waals surface area (Å²) in [6.07, 6.45) is 3.77. The molecule has 0 radical (unpaired) electrons. The van der Waals surface area contributed by atoms with Gasteiger partial charge in [-0.3, -0.25) is 24.2 Å². The number of para-hydroxylation sites is 1. The normalized spacial score (nSPS) is 20.3. The monoisotopic (exact) mass is 688 g/mol. The predicted molar refractivity (Wildman–Crippen MR) is 190 cm³/mol. The number of carboxylic acids is 1. The number of fused-ring (bicyclic) bond motifs is 1. The molecular formula is C38H52N6O6. The fourth-order valence-corrected chi connectivity index (χ4v) is 8.48. The average molecular weight is 689 g/mol. The first-order chi connectivity index (χ1) is 24.1. The lowest BCUT2D eigenvalue weighted by atomic mass is 9.90. The lowest BCUT2D eigenvalue weighted by molar-refractivity contribution is -0.143. The Hall–Kier alpha value is -4.16. The zero-order valence-corrected chi connectivity index (χ0v) is 29.7. The van der Waals surface area contributed by atoms with Crippen LogP contribution in [0.4, 0.5) is 10.5 Å². The van der Waals surface area contributed by atoms with Gasteiger partial charge >= 0.3 is 12.0 Å². The minimum absolute atomic E-state index is 0.00804. The molecule has 270 valence electrons. The number of rotatable bonds is 10. The number of carboxylic acid groups (broad SMARTS) is 1. The number of aryl methyl sites for hydroxylation is 2. The number of carbonyl (C=O) groups is 4. The minimum Gasteiger partial charge on any atom is -0.496 e. The number of nitrogens with zero attached hydrogens (tertiary/aromatic N) is 5. The number of hydrogen-bond acceptors (Lipinski definition) is 7. The maximum atomic E-state index is 14.2. The Labute approximate surface area is 295 Å². The van der Waals surface area contributed by atoms with Gasteiger partial charge in [0.25, 0.3) is 0 Å². The molecule has 0 aromatic heterocycles. The quantitative estimate of drug-likeness (QED) is 0.388. The molecule has 6 rings (SSSR count). The number of amides is 4. The Balaban J connectivity index is 1.08. The number of carbonyl (C=O) groups excluding carboxylic acids is 3. The molecule has 4 aliphatic heterocycles. The maximum absolute atomic E-state index is 14.2. The number of nitrogens with one attached hydrogen (secondary N) is 1. The fraction of sp³-hybridized carbons (Fsp3) is 0.579. The number of hydrogen-bond donors (Lipinski definition) is 2. The lowest BCUT2D eigenvalue weighted by Gasteiger charge is -2.43. The number of likely N-dealkylation sites (tertiary alicyclic amines) is 2. The highest BCUT2D eigenvalue weighted by molar-refractivity contribution is 5.92. The van der Waals surface area contributed by atoms with Gasteiger partial charge in [-0.1, -0.05) is 30.3 Å². The molecule has 0 spiro atoms. The first kappa shape index (κ1) is 35.7. The zero-order valence-electron chi connectivity index (χ0n) is 29.7. The summed E-state index contributed by atoms with van der Waals surface area (Å²) in [4.78, 5) is 62.3. The van der Waals surface area contributed by atoms with Crippen LogP contribution in [0, 0.1) is 19.8 Å². The summed E-state index contributed by atoms with van der Waals surface area (Å²) in [6.45, 7) is 10.2. The topological polar surface area (TPSA) is 126 Å². The zero-order chi connectivity index (χ0) is 35.4. The average Bonchev–Trinajstić information content (AvgIpc) is 3.11. The number of benzene rings is 2. The van der Waals surface area contributed by atoms with Crippen molar-refractivity contribution in [2.75, 3.05) is 71.3 Å². The number of piperazine rings is 1. The summed E-state index contributed by atoms with van der Waals surface area (Å²) in [5.41, 5.74) is 5.00. The van der Waals surface area contributed by atoms with Crippen LogP contribution < -0.4 is 10.1 Å². The molecule has 2 aromatic carbocycles. The molecule has 1 atom stereocenters. The van der Waals surface area contributed by atoms with Gasteiger partial charge in [-0.25, -0.2) is 4.79 Å². The van der Waals surface area contributed by atoms with Crippen LogP contribution in [0.1, 0.15) is 54.4 Å². The minimum atomic E-state index is -0.791. The summed E-state index contributed by atoms with van der Waals surface area (Å²) in [5.74, 6) is -0.403. The standard InChI is InChI=1S/C38H52N6O6/c1-26-20-28(21-27(2)36(26)50-3)22-30(37(48)43-14-8-31(9-15-43)41-18-16-40(17-19-41)25-35(46)47)23-34(45)42-12-10-32(11-13-42)44-24-29-6-4-5-7-33(29)39-38(44)49/h4-7,20-21,30-32H,8-19,22-25H2,1-3H3,(H,39,49)(H,46,47). The van der Waals surface area contributed by atoms with Crippen LogP contribution in [-0.4, -0.2) is 132 Å². The number of urea groups is 1. The van der Waals surface area contributed by atoms with Gasteiger partial charge in [0.1, 0.15) is 5.75 Å². The van der Waals surface area contributed by atoms with E-state index in [4.69, 9.17) is 9.84 Å². The van der Waals surface area contributed by atoms with E-state index < -0.39 is 11.9 Å². The fourth-order valence-electron chi connectivity index (χ4n) is 8.48. The van der Waals surface area contributed by atoms with E-state index in [-0.39, 0.29) is 36.9 Å². The smallest absolute Gasteiger partial charge is 0.322 e. The Kier molecular flexibility index (Phi) is 11.3. The first-order valence-corrected chi connectivity index (χ1v) is 18.1. The number of aliphatic carboxylic acids is 1. The molecule has 1 unspecified atom stereocenters. The molecule has 0 saturated carbocycles. The molecule has 12 heteroatoms. The summed E-state index contributed by atoms with van der Waals surface area (Å²) in [6, 6.07) is 12.3. The van der Waals surface area contributed by atoms with Crippen molar-refractivity contribution >= 4 is 29.5 Å². The van der Waals surface area contributed by atoms with Crippen molar-refractivity contribution in [1.29, 1.82) is 0 Å². The van der Waals surface area contributed by atoms with E-state index in [0.717, 1.165) is 72.7 Å². The van der Waals surface area contributed by atoms with Crippen molar-refractivity contribution < 1.29 is 29.0 Å². The van der Waals surface area contributed by atoms with Crippen LogP contribution in [0.3, 0.4) is 0 Å². The van der Waals surface area contributed by atoms with E-state index in [1.165, 1.54) is 0 Å². The number of anilines is 1. The second-order valence-corrected chi connectivity index (χ2v) is 14.5. The Morgan fingerprint density at radius 3 is 2.14 bits per heavy atom. The third-order valence-corrected chi connectivity index (χ3v) is 11.2. The van der Waals surface area contributed by atoms with Gasteiger partial charge in [-0.05, 0) is 74.3 Å². The Bertz CT molecular complexity index is 1540. The largest absolute Gasteiger partial charge is 0.496 e. The number of ether oxygens (including phenoxy) is 1. The molecule has 2 aromatic rings. The lowest BCUT2D eigenvalue weighted by Crippen LogP contribution is -2.55. The highest BCUT2D eigenvalue weighted by Crippen LogP contribution is 2.30. The summed E-state index contributed by atoms with van der Waals surface area (Å²) >= 11 is 0. The highest BCUT2D eigenvalue weighted by Gasteiger charge is 2.36. The molecule has 4 heterocycles. The molecular weight excluding hydrogens is 636 g/mol. The van der Waals surface area contributed by atoms with Crippen molar-refractivity contribution in [2.24, 2.45) is 5.92 Å². The van der Waals surface area contributed by atoms with Crippen molar-refractivity contribution in [3.63, 3.8) is 0 Å². The molecule has 3 fully saturated rings. The van der Waals surface area contributed by atoms with Crippen LogP contribution in [0.5, 0.6) is 5.75 Å². The van der Waals surface area contributed by atoms with E-state index in [2.05, 4.69) is 22.3 Å². The summed E-state index contributed by atoms with van der Waals surface area (Å²) in [5, 5.41) is 12.1. The second kappa shape index (κ2) is 15.8. The molecule has 50 heavy (non-hydrogen) atoms. The van der Waals surface area contributed by atoms with E-state index in [0.29, 0.717) is 58.0 Å². The highest BCUT2D eigenvalue weighted by atomic mass is 16.5. The predicted octanol–water partition coefficient (Wildman–Crippen LogP) is 3.59. The van der Waals surface area contributed by atoms with E-state index in [1.807, 2.05) is 57.7 Å². The third-order valence-electron chi connectivity index (χ3n) is 11.2. The van der Waals surface area contributed by atoms with Crippen molar-refractivity contribution in [3.05, 3.63) is 58.7 Å². The van der Waals surface area contributed by atoms with Gasteiger partial charge in [0.15, 0.2) is 0 Å². The Morgan fingerprint density at radius 2 is 1.50 bits per heavy atom. The van der Waals surface area contributed by atoms with Crippen LogP contribution in [-0.2, 0) is 27.3 Å². The number of piperidine rings is 2. The van der Waals surface area contributed by atoms with Gasteiger partial charge < -0.3 is 29.9 Å². The SMILES string of the molecule is COc1c(C)cc(CC(CC(=O)N2CCC(N3Cc4ccccc4NC3=O)CC2)C(=O)N2CCC(N3CCN(CC(=O)O)CC3)CC2)cc1C. The Morgan fingerprint density at radius 1 is 0.880 bits per heavy atom. The molecule has 12 nitrogen and oxygen atoms in total. The third kappa shape index (κ3) is 8.24. The molecule has 4 amide bonds. The van der Waals surface area contributed by atoms with Gasteiger partial charge in [0.2, 0.25) is 11.8 Å². The number of methoxy groups -OCH3 is 1. The van der Waals surface area contributed by atoms with Crippen molar-refractivity contribution in [2.45, 2.75) is 71.0 Å². The second-order valence-electron chi connectivity index (χ2n) is 14.5. The van der Waals surface area contributed by atoms with E-state index >= 15 is 0 Å². The summed E-state index contributed by atoms with van der Waals surface area (Å²) in [7, 11) is 1.67. The van der Waals surface area contributed by atoms with E-state index in [1.54, 1.807) is 7.11 Å². The van der Waals surface area contributed by atoms with Crippen LogP contribution in [0.15, 0.2) is 36.4 Å². The van der Waals surface area contributed by atoms with Crippen LogP contribution in [0.2, 0.25) is 0 Å². The molecule has 3 saturated heterocycles. The molecule has 4 aliphatic rings.